The molecule has 31 heavy (non-hydrogen) atoms. The first-order valence-corrected chi connectivity index (χ1v) is 11.2. The number of hydrogen-bond donors (Lipinski definition) is 1. The van der Waals surface area contributed by atoms with E-state index in [2.05, 4.69) is 21.6 Å². The highest BCUT2D eigenvalue weighted by Gasteiger charge is 2.31. The third-order valence-electron chi connectivity index (χ3n) is 5.11. The number of thioether (sulfide) groups is 1. The van der Waals surface area contributed by atoms with Crippen LogP contribution in [-0.2, 0) is 4.79 Å². The molecule has 4 rings (SSSR count). The molecule has 0 bridgehead atoms. The lowest BCUT2D eigenvalue weighted by Crippen LogP contribution is -2.39. The molecule has 1 fully saturated rings. The Labute approximate surface area is 189 Å². The monoisotopic (exact) mass is 455 g/mol. The maximum absolute atomic E-state index is 12.8. The van der Waals surface area contributed by atoms with Crippen molar-refractivity contribution < 1.29 is 9.59 Å². The van der Waals surface area contributed by atoms with Crippen molar-refractivity contribution in [3.05, 3.63) is 58.6 Å². The zero-order valence-electron chi connectivity index (χ0n) is 17.4. The molecule has 0 saturated carbocycles. The molecule has 0 aliphatic carbocycles. The number of nitrogens with one attached hydrogen (secondary N) is 1. The van der Waals surface area contributed by atoms with Crippen molar-refractivity contribution in [1.29, 1.82) is 0 Å². The van der Waals surface area contributed by atoms with E-state index in [4.69, 9.17) is 11.6 Å². The molecule has 1 aliphatic rings. The van der Waals surface area contributed by atoms with Gasteiger partial charge in [0.1, 0.15) is 0 Å². The number of halogens is 1. The van der Waals surface area contributed by atoms with Gasteiger partial charge in [0.15, 0.2) is 11.0 Å². The second kappa shape index (κ2) is 8.72. The quantitative estimate of drug-likeness (QED) is 0.582. The second-order valence-corrected chi connectivity index (χ2v) is 9.11. The van der Waals surface area contributed by atoms with E-state index >= 15 is 0 Å². The lowest BCUT2D eigenvalue weighted by atomic mass is 10.1. The van der Waals surface area contributed by atoms with E-state index in [0.717, 1.165) is 22.4 Å². The summed E-state index contributed by atoms with van der Waals surface area (Å²) in [5.74, 6) is 0.343. The standard InChI is InChI=1S/C22H22ClN5O2S/c1-13-8-9-14(2)18(12-13)28-19(16-6-4-5-7-17(16)23)25-26-22(28)31-15(3)20(29)27-11-10-24-21(27)30/h4-9,12,15H,10-11H2,1-3H3,(H,24,30). The highest BCUT2D eigenvalue weighted by Crippen LogP contribution is 2.34. The van der Waals surface area contributed by atoms with Crippen LogP contribution in [-0.4, -0.2) is 49.9 Å². The minimum atomic E-state index is -0.518. The molecule has 1 saturated heterocycles. The van der Waals surface area contributed by atoms with Crippen molar-refractivity contribution in [2.45, 2.75) is 31.2 Å². The minimum absolute atomic E-state index is 0.255. The first-order chi connectivity index (χ1) is 14.9. The van der Waals surface area contributed by atoms with E-state index in [9.17, 15) is 9.59 Å². The Hall–Kier alpha value is -2.84. The molecule has 1 aliphatic heterocycles. The number of benzene rings is 2. The van der Waals surface area contributed by atoms with Crippen LogP contribution in [0.15, 0.2) is 47.6 Å². The fourth-order valence-corrected chi connectivity index (χ4v) is 4.59. The van der Waals surface area contributed by atoms with Crippen LogP contribution in [0, 0.1) is 13.8 Å². The number of hydrogen-bond acceptors (Lipinski definition) is 5. The van der Waals surface area contributed by atoms with Gasteiger partial charge in [0.2, 0.25) is 5.91 Å². The summed E-state index contributed by atoms with van der Waals surface area (Å²) in [6, 6.07) is 13.3. The molecular weight excluding hydrogens is 434 g/mol. The Morgan fingerprint density at radius 2 is 1.97 bits per heavy atom. The van der Waals surface area contributed by atoms with E-state index in [1.165, 1.54) is 16.7 Å². The first-order valence-electron chi connectivity index (χ1n) is 9.90. The number of aryl methyl sites for hydroxylation is 2. The van der Waals surface area contributed by atoms with Crippen molar-refractivity contribution in [3.8, 4) is 17.1 Å². The second-order valence-electron chi connectivity index (χ2n) is 7.39. The highest BCUT2D eigenvalue weighted by atomic mass is 35.5. The third-order valence-corrected chi connectivity index (χ3v) is 6.47. The van der Waals surface area contributed by atoms with E-state index in [1.54, 1.807) is 6.92 Å². The number of nitrogens with zero attached hydrogens (tertiary/aromatic N) is 4. The fraction of sp³-hybridized carbons (Fsp3) is 0.273. The molecule has 1 unspecified atom stereocenters. The van der Waals surface area contributed by atoms with Crippen LogP contribution in [0.3, 0.4) is 0 Å². The average Bonchev–Trinajstić information content (AvgIpc) is 3.35. The SMILES string of the molecule is Cc1ccc(C)c(-n2c(SC(C)C(=O)N3CCNC3=O)nnc2-c2ccccc2Cl)c1. The van der Waals surface area contributed by atoms with Crippen LogP contribution in [0.5, 0.6) is 0 Å². The van der Waals surface area contributed by atoms with Gasteiger partial charge in [-0.25, -0.2) is 4.79 Å². The predicted molar refractivity (Wildman–Crippen MR) is 122 cm³/mol. The van der Waals surface area contributed by atoms with Crippen molar-refractivity contribution >= 4 is 35.3 Å². The highest BCUT2D eigenvalue weighted by molar-refractivity contribution is 8.00. The number of amides is 3. The van der Waals surface area contributed by atoms with Crippen LogP contribution in [0.1, 0.15) is 18.1 Å². The van der Waals surface area contributed by atoms with Gasteiger partial charge in [0, 0.05) is 18.7 Å². The predicted octanol–water partition coefficient (Wildman–Crippen LogP) is 4.24. The van der Waals surface area contributed by atoms with Crippen molar-refractivity contribution in [2.75, 3.05) is 13.1 Å². The first kappa shape index (κ1) is 21.4. The number of rotatable bonds is 5. The van der Waals surface area contributed by atoms with Gasteiger partial charge in [0.25, 0.3) is 0 Å². The molecule has 2 heterocycles. The summed E-state index contributed by atoms with van der Waals surface area (Å²) in [4.78, 5) is 26.0. The molecule has 1 aromatic heterocycles. The topological polar surface area (TPSA) is 80.1 Å². The smallest absolute Gasteiger partial charge is 0.324 e. The van der Waals surface area contributed by atoms with Crippen LogP contribution < -0.4 is 5.32 Å². The van der Waals surface area contributed by atoms with Crippen molar-refractivity contribution in [3.63, 3.8) is 0 Å². The Balaban J connectivity index is 1.78. The number of aromatic nitrogens is 3. The Kier molecular flexibility index (Phi) is 6.02. The summed E-state index contributed by atoms with van der Waals surface area (Å²) in [5.41, 5.74) is 3.80. The molecule has 1 atom stereocenters. The summed E-state index contributed by atoms with van der Waals surface area (Å²) in [5, 5.41) is 12.1. The zero-order valence-corrected chi connectivity index (χ0v) is 19.0. The largest absolute Gasteiger partial charge is 0.336 e. The van der Waals surface area contributed by atoms with Gasteiger partial charge in [-0.3, -0.25) is 14.3 Å². The lowest BCUT2D eigenvalue weighted by Gasteiger charge is -2.18. The summed E-state index contributed by atoms with van der Waals surface area (Å²) in [6.45, 7) is 6.65. The molecule has 1 N–H and O–H groups in total. The minimum Gasteiger partial charge on any atom is -0.336 e. The molecular formula is C22H22ClN5O2S. The molecule has 160 valence electrons. The van der Waals surface area contributed by atoms with Crippen LogP contribution in [0.25, 0.3) is 17.1 Å². The average molecular weight is 456 g/mol. The van der Waals surface area contributed by atoms with Gasteiger partial charge in [0.05, 0.1) is 16.0 Å². The van der Waals surface area contributed by atoms with Gasteiger partial charge in [-0.15, -0.1) is 10.2 Å². The number of carbonyl (C=O) groups is 2. The lowest BCUT2D eigenvalue weighted by molar-refractivity contribution is -0.126. The number of imide groups is 1. The molecule has 3 amide bonds. The van der Waals surface area contributed by atoms with Gasteiger partial charge in [-0.2, -0.15) is 0 Å². The third kappa shape index (κ3) is 4.18. The van der Waals surface area contributed by atoms with E-state index in [1.807, 2.05) is 54.8 Å². The van der Waals surface area contributed by atoms with Crippen molar-refractivity contribution in [2.24, 2.45) is 0 Å². The number of urea groups is 1. The summed E-state index contributed by atoms with van der Waals surface area (Å²) < 4.78 is 1.93. The Morgan fingerprint density at radius 3 is 2.68 bits per heavy atom. The van der Waals surface area contributed by atoms with Gasteiger partial charge >= 0.3 is 6.03 Å². The van der Waals surface area contributed by atoms with Gasteiger partial charge in [-0.05, 0) is 50.1 Å². The normalized spacial score (nSPS) is 14.6. The molecule has 9 heteroatoms. The summed E-state index contributed by atoms with van der Waals surface area (Å²) >= 11 is 7.74. The Morgan fingerprint density at radius 1 is 1.19 bits per heavy atom. The molecule has 3 aromatic rings. The fourth-order valence-electron chi connectivity index (χ4n) is 3.45. The van der Waals surface area contributed by atoms with Crippen LogP contribution in [0.2, 0.25) is 5.02 Å². The summed E-state index contributed by atoms with van der Waals surface area (Å²) in [6.07, 6.45) is 0. The van der Waals surface area contributed by atoms with Crippen LogP contribution in [0.4, 0.5) is 4.79 Å². The molecule has 0 spiro atoms. The molecule has 2 aromatic carbocycles. The maximum atomic E-state index is 12.8. The van der Waals surface area contributed by atoms with Gasteiger partial charge < -0.3 is 5.32 Å². The Bertz CT molecular complexity index is 1160. The summed E-state index contributed by atoms with van der Waals surface area (Å²) in [7, 11) is 0. The van der Waals surface area contributed by atoms with E-state index in [0.29, 0.717) is 29.1 Å². The van der Waals surface area contributed by atoms with Gasteiger partial charge in [-0.1, -0.05) is 47.6 Å². The van der Waals surface area contributed by atoms with E-state index < -0.39 is 5.25 Å². The maximum Gasteiger partial charge on any atom is 0.324 e. The number of carbonyl (C=O) groups excluding carboxylic acids is 2. The molecule has 7 nitrogen and oxygen atoms in total. The molecule has 0 radical (unpaired) electrons. The van der Waals surface area contributed by atoms with Crippen molar-refractivity contribution in [1.82, 2.24) is 25.0 Å². The zero-order chi connectivity index (χ0) is 22.1. The van der Waals surface area contributed by atoms with E-state index in [-0.39, 0.29) is 11.9 Å². The van der Waals surface area contributed by atoms with Crippen LogP contribution >= 0.6 is 23.4 Å².